The van der Waals surface area contributed by atoms with Gasteiger partial charge in [-0.1, -0.05) is 30.3 Å². The lowest BCUT2D eigenvalue weighted by Gasteiger charge is -2.53. The Hall–Kier alpha value is -4.12. The first-order valence-corrected chi connectivity index (χ1v) is 13.3. The SMILES string of the molecule is CC1(F)CCN2C(=O)c3c(O)c(=O)ccn3N(C3c4ccccc4-c4scnc4-c4c3ccc(F)c4F)C2C1. The van der Waals surface area contributed by atoms with Gasteiger partial charge in [0.1, 0.15) is 11.8 Å². The highest BCUT2D eigenvalue weighted by Crippen LogP contribution is 2.51. The molecule has 1 N–H and O–H groups in total. The molecule has 1 saturated heterocycles. The molecule has 198 valence electrons. The molecule has 3 aliphatic rings. The third kappa shape index (κ3) is 3.32. The number of halogens is 3. The number of carbonyl (C=O) groups excluding carboxylic acids is 1. The number of aromatic nitrogens is 2. The molecule has 2 aromatic heterocycles. The number of benzene rings is 2. The minimum Gasteiger partial charge on any atom is -0.502 e. The Morgan fingerprint density at radius 1 is 1.10 bits per heavy atom. The van der Waals surface area contributed by atoms with Gasteiger partial charge in [-0.15, -0.1) is 11.3 Å². The number of piperidine rings is 1. The lowest BCUT2D eigenvalue weighted by molar-refractivity contribution is 0.00694. The van der Waals surface area contributed by atoms with E-state index in [2.05, 4.69) is 4.98 Å². The predicted molar refractivity (Wildman–Crippen MR) is 139 cm³/mol. The Kier molecular flexibility index (Phi) is 5.03. The molecular formula is C28H21F3N4O3S. The zero-order valence-corrected chi connectivity index (χ0v) is 21.4. The molecule has 7 rings (SSSR count). The number of fused-ring (bicyclic) bond motifs is 7. The summed E-state index contributed by atoms with van der Waals surface area (Å²) in [7, 11) is 0. The van der Waals surface area contributed by atoms with Crippen LogP contribution in [-0.4, -0.2) is 44.0 Å². The Balaban J connectivity index is 1.59. The summed E-state index contributed by atoms with van der Waals surface area (Å²) in [5.41, 5.74) is 0.986. The normalized spacial score (nSPS) is 23.3. The maximum Gasteiger partial charge on any atom is 0.278 e. The molecule has 0 saturated carbocycles. The minimum absolute atomic E-state index is 0.0264. The van der Waals surface area contributed by atoms with E-state index in [1.807, 2.05) is 24.3 Å². The Morgan fingerprint density at radius 2 is 1.90 bits per heavy atom. The Morgan fingerprint density at radius 3 is 2.72 bits per heavy atom. The average molecular weight is 551 g/mol. The topological polar surface area (TPSA) is 78.7 Å². The highest BCUT2D eigenvalue weighted by molar-refractivity contribution is 7.13. The van der Waals surface area contributed by atoms with Crippen LogP contribution in [0.4, 0.5) is 13.2 Å². The smallest absolute Gasteiger partial charge is 0.278 e. The van der Waals surface area contributed by atoms with E-state index < -0.39 is 46.6 Å². The summed E-state index contributed by atoms with van der Waals surface area (Å²) < 4.78 is 47.3. The van der Waals surface area contributed by atoms with Crippen molar-refractivity contribution in [3.05, 3.63) is 92.9 Å². The minimum atomic E-state index is -1.63. The molecule has 4 aromatic rings. The lowest BCUT2D eigenvalue weighted by atomic mass is 9.88. The van der Waals surface area contributed by atoms with Gasteiger partial charge >= 0.3 is 0 Å². The van der Waals surface area contributed by atoms with Crippen molar-refractivity contribution in [3.8, 4) is 27.4 Å². The first-order valence-electron chi connectivity index (χ1n) is 12.4. The van der Waals surface area contributed by atoms with Crippen molar-refractivity contribution < 1.29 is 23.1 Å². The molecule has 0 spiro atoms. The van der Waals surface area contributed by atoms with Crippen molar-refractivity contribution in [3.63, 3.8) is 0 Å². The van der Waals surface area contributed by atoms with Crippen LogP contribution >= 0.6 is 11.3 Å². The van der Waals surface area contributed by atoms with Gasteiger partial charge in [0.2, 0.25) is 5.43 Å². The van der Waals surface area contributed by atoms with Crippen molar-refractivity contribution in [2.75, 3.05) is 11.6 Å². The first-order chi connectivity index (χ1) is 18.7. The Bertz CT molecular complexity index is 1750. The van der Waals surface area contributed by atoms with E-state index in [1.165, 1.54) is 40.1 Å². The summed E-state index contributed by atoms with van der Waals surface area (Å²) in [6, 6.07) is 10.1. The van der Waals surface area contributed by atoms with Gasteiger partial charge in [-0.2, -0.15) is 0 Å². The molecule has 4 heterocycles. The summed E-state index contributed by atoms with van der Waals surface area (Å²) in [4.78, 5) is 32.5. The van der Waals surface area contributed by atoms with Crippen molar-refractivity contribution in [1.29, 1.82) is 0 Å². The highest BCUT2D eigenvalue weighted by Gasteiger charge is 2.50. The van der Waals surface area contributed by atoms with E-state index in [4.69, 9.17) is 0 Å². The van der Waals surface area contributed by atoms with Crippen LogP contribution in [0.5, 0.6) is 5.75 Å². The number of rotatable bonds is 1. The second-order valence-electron chi connectivity index (χ2n) is 10.3. The fourth-order valence-corrected chi connectivity index (χ4v) is 6.94. The van der Waals surface area contributed by atoms with Crippen LogP contribution < -0.4 is 10.4 Å². The van der Waals surface area contributed by atoms with Crippen LogP contribution in [0.25, 0.3) is 21.7 Å². The van der Waals surface area contributed by atoms with E-state index in [9.17, 15) is 19.1 Å². The zero-order valence-electron chi connectivity index (χ0n) is 20.6. The van der Waals surface area contributed by atoms with Gasteiger partial charge in [0.15, 0.2) is 23.1 Å². The largest absolute Gasteiger partial charge is 0.502 e. The van der Waals surface area contributed by atoms with Gasteiger partial charge in [0, 0.05) is 30.8 Å². The maximum absolute atomic E-state index is 15.7. The van der Waals surface area contributed by atoms with Gasteiger partial charge in [0.25, 0.3) is 5.91 Å². The molecule has 3 atom stereocenters. The van der Waals surface area contributed by atoms with Gasteiger partial charge in [-0.3, -0.25) is 19.3 Å². The van der Waals surface area contributed by atoms with E-state index in [-0.39, 0.29) is 36.3 Å². The van der Waals surface area contributed by atoms with Crippen molar-refractivity contribution in [2.24, 2.45) is 0 Å². The van der Waals surface area contributed by atoms with Crippen LogP contribution in [-0.2, 0) is 0 Å². The van der Waals surface area contributed by atoms with Crippen molar-refractivity contribution in [2.45, 2.75) is 37.6 Å². The molecule has 0 radical (unpaired) electrons. The van der Waals surface area contributed by atoms with Gasteiger partial charge in [-0.25, -0.2) is 18.2 Å². The molecule has 1 amide bonds. The average Bonchev–Trinajstić information content (AvgIpc) is 3.35. The molecule has 1 fully saturated rings. The second kappa shape index (κ2) is 8.19. The van der Waals surface area contributed by atoms with Crippen molar-refractivity contribution >= 4 is 17.2 Å². The number of carbonyl (C=O) groups is 1. The molecule has 2 aliphatic heterocycles. The first kappa shape index (κ1) is 24.0. The quantitative estimate of drug-likeness (QED) is 0.362. The molecule has 1 aliphatic carbocycles. The number of nitrogens with zero attached hydrogens (tertiary/aromatic N) is 4. The summed E-state index contributed by atoms with van der Waals surface area (Å²) in [5.74, 6) is -3.43. The molecule has 11 heteroatoms. The van der Waals surface area contributed by atoms with Gasteiger partial charge in [-0.05, 0) is 36.1 Å². The van der Waals surface area contributed by atoms with E-state index in [0.717, 1.165) is 17.7 Å². The summed E-state index contributed by atoms with van der Waals surface area (Å²) in [6.45, 7) is 1.51. The van der Waals surface area contributed by atoms with Crippen LogP contribution in [0, 0.1) is 11.6 Å². The number of amides is 1. The number of pyridine rings is 1. The number of thiazole rings is 1. The van der Waals surface area contributed by atoms with E-state index >= 15 is 8.78 Å². The molecule has 39 heavy (non-hydrogen) atoms. The fourth-order valence-electron chi connectivity index (χ4n) is 6.10. The number of hydrogen-bond acceptors (Lipinski definition) is 6. The summed E-state index contributed by atoms with van der Waals surface area (Å²) >= 11 is 1.29. The fraction of sp³-hybridized carbons (Fsp3) is 0.250. The summed E-state index contributed by atoms with van der Waals surface area (Å²) in [6.07, 6.45) is 0.485. The predicted octanol–water partition coefficient (Wildman–Crippen LogP) is 4.97. The van der Waals surface area contributed by atoms with Crippen molar-refractivity contribution in [1.82, 2.24) is 14.6 Å². The monoisotopic (exact) mass is 550 g/mol. The maximum atomic E-state index is 15.7. The molecular weight excluding hydrogens is 529 g/mol. The third-order valence-electron chi connectivity index (χ3n) is 7.90. The molecule has 7 nitrogen and oxygen atoms in total. The number of alkyl halides is 1. The number of aromatic hydroxyl groups is 1. The highest BCUT2D eigenvalue weighted by atomic mass is 32.1. The standard InChI is InChI=1S/C28H21F3N4O3S/c1-28(31)9-11-33-19(12-28)35(34-10-8-18(36)25(37)24(34)27(33)38)23-14-4-2-3-5-15(14)26-22(32-13-39-26)20-16(23)6-7-17(29)21(20)30/h2-8,10,13,19,23,37H,9,11-12H2,1H3. The molecule has 2 aromatic carbocycles. The summed E-state index contributed by atoms with van der Waals surface area (Å²) in [5, 5.41) is 12.5. The molecule has 0 bridgehead atoms. The van der Waals surface area contributed by atoms with E-state index in [0.29, 0.717) is 16.0 Å². The lowest BCUT2D eigenvalue weighted by Crippen LogP contribution is -2.66. The number of hydrogen-bond donors (Lipinski definition) is 1. The van der Waals surface area contributed by atoms with Gasteiger partial charge in [0.05, 0.1) is 22.1 Å². The Labute approximate surface area is 224 Å². The van der Waals surface area contributed by atoms with Gasteiger partial charge < -0.3 is 10.0 Å². The van der Waals surface area contributed by atoms with Crippen LogP contribution in [0.15, 0.2) is 59.0 Å². The van der Waals surface area contributed by atoms with Crippen LogP contribution in [0.2, 0.25) is 0 Å². The molecule has 3 unspecified atom stereocenters. The van der Waals surface area contributed by atoms with Crippen LogP contribution in [0.3, 0.4) is 0 Å². The zero-order chi connectivity index (χ0) is 27.2. The third-order valence-corrected chi connectivity index (χ3v) is 8.76. The second-order valence-corrected chi connectivity index (χ2v) is 11.1. The van der Waals surface area contributed by atoms with E-state index in [1.54, 1.807) is 10.5 Å². The van der Waals surface area contributed by atoms with Crippen LogP contribution in [0.1, 0.15) is 47.4 Å².